The second kappa shape index (κ2) is 5.91. The summed E-state index contributed by atoms with van der Waals surface area (Å²) in [4.78, 5) is 25.2. The highest BCUT2D eigenvalue weighted by atomic mass is 16.4. The Hall–Kier alpha value is -2.56. The van der Waals surface area contributed by atoms with E-state index in [2.05, 4.69) is 19.9 Å². The number of benzene rings is 1. The number of aromatic carboxylic acids is 1. The van der Waals surface area contributed by atoms with Gasteiger partial charge >= 0.3 is 5.97 Å². The standard InChI is InChI=1S/C18H19NO4/c1-11(2)12-5-6-14-13(10-12)4-3-9-19(14)17(20)15-7-8-16(23-15)18(21)22/h5-8,10-11H,3-4,9H2,1-2H3,(H,21,22). The zero-order valence-electron chi connectivity index (χ0n) is 13.2. The first-order valence-corrected chi connectivity index (χ1v) is 7.75. The fourth-order valence-corrected chi connectivity index (χ4v) is 2.89. The van der Waals surface area contributed by atoms with Crippen LogP contribution in [0.3, 0.4) is 0 Å². The van der Waals surface area contributed by atoms with Crippen LogP contribution in [-0.2, 0) is 6.42 Å². The number of aryl methyl sites for hydroxylation is 1. The zero-order chi connectivity index (χ0) is 16.6. The minimum absolute atomic E-state index is 0.0585. The predicted molar refractivity (Wildman–Crippen MR) is 86.2 cm³/mol. The summed E-state index contributed by atoms with van der Waals surface area (Å²) in [5.74, 6) is -1.20. The van der Waals surface area contributed by atoms with Crippen LogP contribution in [0, 0.1) is 0 Å². The molecule has 1 N–H and O–H groups in total. The average molecular weight is 313 g/mol. The second-order valence-corrected chi connectivity index (χ2v) is 6.07. The summed E-state index contributed by atoms with van der Waals surface area (Å²) in [6, 6.07) is 8.90. The largest absolute Gasteiger partial charge is 0.475 e. The van der Waals surface area contributed by atoms with Crippen molar-refractivity contribution in [2.75, 3.05) is 11.4 Å². The van der Waals surface area contributed by atoms with Gasteiger partial charge in [-0.2, -0.15) is 0 Å². The minimum Gasteiger partial charge on any atom is -0.475 e. The van der Waals surface area contributed by atoms with Gasteiger partial charge in [-0.15, -0.1) is 0 Å². The van der Waals surface area contributed by atoms with E-state index >= 15 is 0 Å². The fraction of sp³-hybridized carbons (Fsp3) is 0.333. The van der Waals surface area contributed by atoms with Crippen LogP contribution in [0.5, 0.6) is 0 Å². The molecule has 0 saturated heterocycles. The minimum atomic E-state index is -1.18. The Morgan fingerprint density at radius 2 is 1.91 bits per heavy atom. The van der Waals surface area contributed by atoms with Crippen LogP contribution in [-0.4, -0.2) is 23.5 Å². The number of furan rings is 1. The number of carbonyl (C=O) groups is 2. The van der Waals surface area contributed by atoms with E-state index in [1.807, 2.05) is 12.1 Å². The van der Waals surface area contributed by atoms with Gasteiger partial charge in [-0.05, 0) is 48.1 Å². The van der Waals surface area contributed by atoms with Crippen LogP contribution in [0.25, 0.3) is 0 Å². The molecule has 3 rings (SSSR count). The number of hydrogen-bond acceptors (Lipinski definition) is 3. The Bertz CT molecular complexity index is 760. The summed E-state index contributed by atoms with van der Waals surface area (Å²) in [6.45, 7) is 4.89. The number of carboxylic acids is 1. The molecule has 0 atom stereocenters. The molecular formula is C18H19NO4. The summed E-state index contributed by atoms with van der Waals surface area (Å²) in [5, 5.41) is 8.91. The third kappa shape index (κ3) is 2.86. The van der Waals surface area contributed by atoms with E-state index in [-0.39, 0.29) is 17.4 Å². The number of carboxylic acid groups (broad SMARTS) is 1. The van der Waals surface area contributed by atoms with Gasteiger partial charge in [0.25, 0.3) is 5.91 Å². The first kappa shape index (κ1) is 15.3. The number of amides is 1. The molecule has 0 fully saturated rings. The molecule has 5 heteroatoms. The van der Waals surface area contributed by atoms with Crippen LogP contribution >= 0.6 is 0 Å². The van der Waals surface area contributed by atoms with Crippen molar-refractivity contribution >= 4 is 17.6 Å². The number of hydrogen-bond donors (Lipinski definition) is 1. The first-order valence-electron chi connectivity index (χ1n) is 7.75. The van der Waals surface area contributed by atoms with Crippen LogP contribution < -0.4 is 4.90 Å². The maximum Gasteiger partial charge on any atom is 0.371 e. The normalized spacial score (nSPS) is 14.0. The van der Waals surface area contributed by atoms with Crippen molar-refractivity contribution in [1.29, 1.82) is 0 Å². The van der Waals surface area contributed by atoms with E-state index in [1.54, 1.807) is 4.90 Å². The van der Waals surface area contributed by atoms with Gasteiger partial charge in [-0.25, -0.2) is 4.79 Å². The number of anilines is 1. The quantitative estimate of drug-likeness (QED) is 0.938. The molecule has 1 amide bonds. The highest BCUT2D eigenvalue weighted by molar-refractivity contribution is 6.05. The van der Waals surface area contributed by atoms with E-state index < -0.39 is 5.97 Å². The number of rotatable bonds is 3. The molecule has 23 heavy (non-hydrogen) atoms. The monoisotopic (exact) mass is 313 g/mol. The molecule has 1 aromatic carbocycles. The van der Waals surface area contributed by atoms with Gasteiger partial charge in [-0.1, -0.05) is 26.0 Å². The Balaban J connectivity index is 1.92. The third-order valence-electron chi connectivity index (χ3n) is 4.16. The van der Waals surface area contributed by atoms with E-state index in [0.29, 0.717) is 12.5 Å². The van der Waals surface area contributed by atoms with E-state index in [0.717, 1.165) is 24.1 Å². The molecule has 0 unspecified atom stereocenters. The van der Waals surface area contributed by atoms with Gasteiger partial charge in [0.2, 0.25) is 5.76 Å². The van der Waals surface area contributed by atoms with Gasteiger partial charge in [0.05, 0.1) is 0 Å². The second-order valence-electron chi connectivity index (χ2n) is 6.07. The molecule has 2 aromatic rings. The lowest BCUT2D eigenvalue weighted by molar-refractivity contribution is 0.0660. The molecule has 0 spiro atoms. The van der Waals surface area contributed by atoms with Gasteiger partial charge in [0, 0.05) is 12.2 Å². The van der Waals surface area contributed by atoms with Gasteiger partial charge in [0.1, 0.15) is 0 Å². The molecule has 120 valence electrons. The van der Waals surface area contributed by atoms with Crippen LogP contribution in [0.15, 0.2) is 34.7 Å². The average Bonchev–Trinajstić information content (AvgIpc) is 3.03. The molecular weight excluding hydrogens is 294 g/mol. The topological polar surface area (TPSA) is 70.8 Å². The molecule has 0 saturated carbocycles. The predicted octanol–water partition coefficient (Wildman–Crippen LogP) is 3.69. The SMILES string of the molecule is CC(C)c1ccc2c(c1)CCCN2C(=O)c1ccc(C(=O)O)o1. The van der Waals surface area contributed by atoms with Crippen molar-refractivity contribution in [3.63, 3.8) is 0 Å². The van der Waals surface area contributed by atoms with E-state index in [9.17, 15) is 9.59 Å². The smallest absolute Gasteiger partial charge is 0.371 e. The first-order chi connectivity index (χ1) is 11.0. The molecule has 2 heterocycles. The third-order valence-corrected chi connectivity index (χ3v) is 4.16. The van der Waals surface area contributed by atoms with Crippen LogP contribution in [0.2, 0.25) is 0 Å². The number of nitrogens with zero attached hydrogens (tertiary/aromatic N) is 1. The highest BCUT2D eigenvalue weighted by Gasteiger charge is 2.26. The van der Waals surface area contributed by atoms with E-state index in [1.165, 1.54) is 17.7 Å². The lowest BCUT2D eigenvalue weighted by atomic mass is 9.94. The van der Waals surface area contributed by atoms with Crippen molar-refractivity contribution in [1.82, 2.24) is 0 Å². The summed E-state index contributed by atoms with van der Waals surface area (Å²) < 4.78 is 5.15. The Labute approximate surface area is 134 Å². The van der Waals surface area contributed by atoms with Crippen molar-refractivity contribution < 1.29 is 19.1 Å². The fourth-order valence-electron chi connectivity index (χ4n) is 2.89. The van der Waals surface area contributed by atoms with Gasteiger partial charge in [0.15, 0.2) is 5.76 Å². The molecule has 1 aromatic heterocycles. The summed E-state index contributed by atoms with van der Waals surface area (Å²) in [6.07, 6.45) is 1.82. The van der Waals surface area contributed by atoms with Gasteiger partial charge in [-0.3, -0.25) is 4.79 Å². The van der Waals surface area contributed by atoms with Crippen molar-refractivity contribution in [3.8, 4) is 0 Å². The maximum atomic E-state index is 12.7. The molecule has 1 aliphatic rings. The Morgan fingerprint density at radius 3 is 2.57 bits per heavy atom. The van der Waals surface area contributed by atoms with Gasteiger partial charge < -0.3 is 14.4 Å². The number of fused-ring (bicyclic) bond motifs is 1. The zero-order valence-corrected chi connectivity index (χ0v) is 13.2. The Kier molecular flexibility index (Phi) is 3.94. The van der Waals surface area contributed by atoms with Crippen LogP contribution in [0.1, 0.15) is 58.4 Å². The molecule has 1 aliphatic heterocycles. The summed E-state index contributed by atoms with van der Waals surface area (Å²) >= 11 is 0. The lowest BCUT2D eigenvalue weighted by Gasteiger charge is -2.29. The van der Waals surface area contributed by atoms with E-state index in [4.69, 9.17) is 9.52 Å². The van der Waals surface area contributed by atoms with Crippen molar-refractivity contribution in [3.05, 3.63) is 53.0 Å². The number of carbonyl (C=O) groups excluding carboxylic acids is 1. The van der Waals surface area contributed by atoms with Crippen LogP contribution in [0.4, 0.5) is 5.69 Å². The summed E-state index contributed by atoms with van der Waals surface area (Å²) in [5.41, 5.74) is 3.30. The molecule has 0 radical (unpaired) electrons. The molecule has 5 nitrogen and oxygen atoms in total. The maximum absolute atomic E-state index is 12.7. The molecule has 0 aliphatic carbocycles. The summed E-state index contributed by atoms with van der Waals surface area (Å²) in [7, 11) is 0. The molecule has 0 bridgehead atoms. The van der Waals surface area contributed by atoms with Crippen molar-refractivity contribution in [2.24, 2.45) is 0 Å². The Morgan fingerprint density at radius 1 is 1.17 bits per heavy atom. The van der Waals surface area contributed by atoms with Crippen molar-refractivity contribution in [2.45, 2.75) is 32.6 Å². The highest BCUT2D eigenvalue weighted by Crippen LogP contribution is 2.31. The lowest BCUT2D eigenvalue weighted by Crippen LogP contribution is -2.35.